The third kappa shape index (κ3) is 5.33. The second-order valence-electron chi connectivity index (χ2n) is 4.93. The van der Waals surface area contributed by atoms with Crippen LogP contribution in [0.1, 0.15) is 25.3 Å². The normalized spacial score (nSPS) is 16.5. The van der Waals surface area contributed by atoms with Gasteiger partial charge in [-0.05, 0) is 31.9 Å². The van der Waals surface area contributed by atoms with Crippen molar-refractivity contribution in [3.8, 4) is 0 Å². The summed E-state index contributed by atoms with van der Waals surface area (Å²) in [6.45, 7) is 3.01. The lowest BCUT2D eigenvalue weighted by Gasteiger charge is -2.16. The van der Waals surface area contributed by atoms with Crippen molar-refractivity contribution in [3.63, 3.8) is 0 Å². The van der Waals surface area contributed by atoms with E-state index in [0.717, 1.165) is 18.4 Å². The van der Waals surface area contributed by atoms with Gasteiger partial charge in [0.2, 0.25) is 0 Å². The molecule has 0 radical (unpaired) electrons. The number of aryl methyl sites for hydroxylation is 1. The number of hydrogen-bond donors (Lipinski definition) is 0. The van der Waals surface area contributed by atoms with E-state index in [1.807, 2.05) is 6.92 Å². The zero-order valence-electron chi connectivity index (χ0n) is 11.9. The van der Waals surface area contributed by atoms with E-state index in [1.54, 1.807) is 12.1 Å². The Morgan fingerprint density at radius 3 is 2.48 bits per heavy atom. The van der Waals surface area contributed by atoms with Crippen molar-refractivity contribution >= 4 is 27.8 Å². The van der Waals surface area contributed by atoms with Crippen LogP contribution in [0.15, 0.2) is 29.2 Å². The maximum atomic E-state index is 12.1. The fourth-order valence-electron chi connectivity index (χ4n) is 1.62. The minimum absolute atomic E-state index is 0.103. The molecule has 1 aliphatic rings. The molecule has 1 aromatic carbocycles. The molecule has 0 bridgehead atoms. The van der Waals surface area contributed by atoms with E-state index in [4.69, 9.17) is 8.92 Å². The maximum absolute atomic E-state index is 12.1. The van der Waals surface area contributed by atoms with Gasteiger partial charge in [-0.3, -0.25) is 8.98 Å². The largest absolute Gasteiger partial charge is 0.449 e. The number of esters is 1. The summed E-state index contributed by atoms with van der Waals surface area (Å²) < 4.78 is 34.2. The van der Waals surface area contributed by atoms with E-state index in [9.17, 15) is 13.2 Å². The van der Waals surface area contributed by atoms with Crippen LogP contribution in [0.25, 0.3) is 0 Å². The van der Waals surface area contributed by atoms with Gasteiger partial charge in [-0.25, -0.2) is 0 Å². The van der Waals surface area contributed by atoms with Crippen LogP contribution in [0.5, 0.6) is 0 Å². The van der Waals surface area contributed by atoms with Crippen molar-refractivity contribution in [1.29, 1.82) is 0 Å². The summed E-state index contributed by atoms with van der Waals surface area (Å²) >= 11 is 1.44. The SMILES string of the molecule is CC(=O)OC(COS(=O)(=O)c1ccc(C)cc1)SC1CC1. The van der Waals surface area contributed by atoms with Gasteiger partial charge in [-0.15, -0.1) is 11.8 Å². The molecular weight excluding hydrogens is 312 g/mol. The highest BCUT2D eigenvalue weighted by atomic mass is 32.2. The fourth-order valence-corrected chi connectivity index (χ4v) is 3.79. The minimum Gasteiger partial charge on any atom is -0.449 e. The van der Waals surface area contributed by atoms with Gasteiger partial charge in [0.25, 0.3) is 10.1 Å². The van der Waals surface area contributed by atoms with Crippen LogP contribution >= 0.6 is 11.8 Å². The van der Waals surface area contributed by atoms with E-state index in [1.165, 1.54) is 30.8 Å². The summed E-state index contributed by atoms with van der Waals surface area (Å²) in [7, 11) is -3.83. The Kier molecular flexibility index (Phi) is 5.29. The molecule has 1 atom stereocenters. The maximum Gasteiger partial charge on any atom is 0.303 e. The lowest BCUT2D eigenvalue weighted by molar-refractivity contribution is -0.143. The van der Waals surface area contributed by atoms with E-state index < -0.39 is 21.5 Å². The molecule has 0 saturated heterocycles. The Hall–Kier alpha value is -1.05. The lowest BCUT2D eigenvalue weighted by Crippen LogP contribution is -2.22. The first-order chi connectivity index (χ1) is 9.87. The summed E-state index contributed by atoms with van der Waals surface area (Å²) in [6.07, 6.45) is 2.13. The summed E-state index contributed by atoms with van der Waals surface area (Å²) in [4.78, 5) is 11.2. The molecule has 21 heavy (non-hydrogen) atoms. The predicted octanol–water partition coefficient (Wildman–Crippen LogP) is 2.49. The second-order valence-corrected chi connectivity index (χ2v) is 8.01. The summed E-state index contributed by atoms with van der Waals surface area (Å²) in [5.74, 6) is -0.440. The molecule has 1 aromatic rings. The van der Waals surface area contributed by atoms with E-state index >= 15 is 0 Å². The number of carbonyl (C=O) groups excluding carboxylic acids is 1. The van der Waals surface area contributed by atoms with Crippen molar-refractivity contribution < 1.29 is 22.1 Å². The average Bonchev–Trinajstić information content (AvgIpc) is 3.20. The van der Waals surface area contributed by atoms with Crippen LogP contribution in [0, 0.1) is 6.92 Å². The number of benzene rings is 1. The number of carbonyl (C=O) groups is 1. The number of ether oxygens (including phenoxy) is 1. The van der Waals surface area contributed by atoms with Gasteiger partial charge in [0.15, 0.2) is 5.44 Å². The van der Waals surface area contributed by atoms with E-state index in [-0.39, 0.29) is 11.5 Å². The van der Waals surface area contributed by atoms with Crippen LogP contribution in [-0.4, -0.2) is 31.7 Å². The van der Waals surface area contributed by atoms with Gasteiger partial charge in [0, 0.05) is 12.2 Å². The zero-order valence-corrected chi connectivity index (χ0v) is 13.6. The molecule has 0 aromatic heterocycles. The smallest absolute Gasteiger partial charge is 0.303 e. The summed E-state index contributed by atoms with van der Waals surface area (Å²) in [6, 6.07) is 6.41. The van der Waals surface area contributed by atoms with Gasteiger partial charge in [-0.1, -0.05) is 17.7 Å². The molecule has 2 rings (SSSR count). The first kappa shape index (κ1) is 16.3. The monoisotopic (exact) mass is 330 g/mol. The van der Waals surface area contributed by atoms with Crippen LogP contribution in [0.3, 0.4) is 0 Å². The van der Waals surface area contributed by atoms with Crippen molar-refractivity contribution in [2.45, 2.75) is 42.3 Å². The lowest BCUT2D eigenvalue weighted by atomic mass is 10.2. The van der Waals surface area contributed by atoms with Crippen LogP contribution in [-0.2, 0) is 23.8 Å². The second kappa shape index (κ2) is 6.81. The Bertz CT molecular complexity index is 590. The van der Waals surface area contributed by atoms with Gasteiger partial charge in [0.05, 0.1) is 4.90 Å². The van der Waals surface area contributed by atoms with Gasteiger partial charge in [0.1, 0.15) is 6.61 Å². The molecule has 5 nitrogen and oxygen atoms in total. The Morgan fingerprint density at radius 2 is 1.95 bits per heavy atom. The van der Waals surface area contributed by atoms with Crippen molar-refractivity contribution in [1.82, 2.24) is 0 Å². The zero-order chi connectivity index (χ0) is 15.5. The molecule has 0 heterocycles. The van der Waals surface area contributed by atoms with Crippen molar-refractivity contribution in [2.75, 3.05) is 6.61 Å². The van der Waals surface area contributed by atoms with Crippen LogP contribution in [0.4, 0.5) is 0 Å². The highest BCUT2D eigenvalue weighted by molar-refractivity contribution is 8.00. The molecule has 0 N–H and O–H groups in total. The number of rotatable bonds is 7. The molecule has 1 fully saturated rings. The summed E-state index contributed by atoms with van der Waals surface area (Å²) in [5, 5.41) is 0.431. The molecule has 0 amide bonds. The number of thioether (sulfide) groups is 1. The highest BCUT2D eigenvalue weighted by Crippen LogP contribution is 2.37. The number of hydrogen-bond acceptors (Lipinski definition) is 6. The Balaban J connectivity index is 1.97. The van der Waals surface area contributed by atoms with Crippen molar-refractivity contribution in [3.05, 3.63) is 29.8 Å². The quantitative estimate of drug-likeness (QED) is 0.434. The standard InChI is InChI=1S/C14H18O5S2/c1-10-3-7-13(8-4-10)21(16,17)18-9-14(19-11(2)15)20-12-5-6-12/h3-4,7-8,12,14H,5-6,9H2,1-2H3. The molecule has 1 aliphatic carbocycles. The molecule has 0 spiro atoms. The molecule has 7 heteroatoms. The topological polar surface area (TPSA) is 69.7 Å². The third-order valence-electron chi connectivity index (χ3n) is 2.83. The average molecular weight is 330 g/mol. The van der Waals surface area contributed by atoms with E-state index in [2.05, 4.69) is 0 Å². The van der Waals surface area contributed by atoms with E-state index in [0.29, 0.717) is 5.25 Å². The molecule has 0 aliphatic heterocycles. The Morgan fingerprint density at radius 1 is 1.33 bits per heavy atom. The highest BCUT2D eigenvalue weighted by Gasteiger charge is 2.29. The molecule has 1 saturated carbocycles. The predicted molar refractivity (Wildman–Crippen MR) is 80.5 cm³/mol. The first-order valence-electron chi connectivity index (χ1n) is 6.65. The van der Waals surface area contributed by atoms with Gasteiger partial charge in [-0.2, -0.15) is 8.42 Å². The van der Waals surface area contributed by atoms with Crippen LogP contribution in [0.2, 0.25) is 0 Å². The van der Waals surface area contributed by atoms with Gasteiger partial charge < -0.3 is 4.74 Å². The molecular formula is C14H18O5S2. The van der Waals surface area contributed by atoms with Crippen LogP contribution < -0.4 is 0 Å². The summed E-state index contributed by atoms with van der Waals surface area (Å²) in [5.41, 5.74) is 0.381. The first-order valence-corrected chi connectivity index (χ1v) is 9.01. The fraction of sp³-hybridized carbons (Fsp3) is 0.500. The Labute approximate surface area is 129 Å². The van der Waals surface area contributed by atoms with Gasteiger partial charge >= 0.3 is 5.97 Å². The van der Waals surface area contributed by atoms with Crippen molar-refractivity contribution in [2.24, 2.45) is 0 Å². The molecule has 116 valence electrons. The molecule has 1 unspecified atom stereocenters. The minimum atomic E-state index is -3.83. The third-order valence-corrected chi connectivity index (χ3v) is 5.52.